The summed E-state index contributed by atoms with van der Waals surface area (Å²) in [5.74, 6) is -0.0271. The van der Waals surface area contributed by atoms with Crippen LogP contribution in [0.25, 0.3) is 0 Å². The van der Waals surface area contributed by atoms with Crippen molar-refractivity contribution < 1.29 is 19.1 Å². The molecule has 4 rings (SSSR count). The van der Waals surface area contributed by atoms with Gasteiger partial charge in [0, 0.05) is 31.6 Å². The SMILES string of the molecule is CCN1CCC(Oc2ccc3c(c2)CN([C@H]2CCC(=O)NC2=O)C3=O)CC1. The van der Waals surface area contributed by atoms with Gasteiger partial charge in [-0.25, -0.2) is 0 Å². The second-order valence-corrected chi connectivity index (χ2v) is 7.47. The highest BCUT2D eigenvalue weighted by molar-refractivity contribution is 6.05. The van der Waals surface area contributed by atoms with Crippen LogP contribution in [0.15, 0.2) is 18.2 Å². The lowest BCUT2D eigenvalue weighted by Crippen LogP contribution is -2.52. The molecule has 3 heterocycles. The number of ether oxygens (including phenoxy) is 1. The largest absolute Gasteiger partial charge is 0.490 e. The van der Waals surface area contributed by atoms with Crippen molar-refractivity contribution >= 4 is 17.7 Å². The summed E-state index contributed by atoms with van der Waals surface area (Å²) in [5, 5.41) is 2.33. The number of piperidine rings is 2. The van der Waals surface area contributed by atoms with Crippen LogP contribution < -0.4 is 10.1 Å². The summed E-state index contributed by atoms with van der Waals surface area (Å²) in [6, 6.07) is 4.98. The predicted octanol–water partition coefficient (Wildman–Crippen LogP) is 1.31. The lowest BCUT2D eigenvalue weighted by molar-refractivity contribution is -0.136. The van der Waals surface area contributed by atoms with Crippen molar-refractivity contribution in [2.24, 2.45) is 0 Å². The van der Waals surface area contributed by atoms with Gasteiger partial charge in [0.15, 0.2) is 0 Å². The van der Waals surface area contributed by atoms with E-state index in [1.165, 1.54) is 0 Å². The van der Waals surface area contributed by atoms with E-state index in [0.717, 1.165) is 43.8 Å². The van der Waals surface area contributed by atoms with Gasteiger partial charge in [-0.3, -0.25) is 19.7 Å². The first-order chi connectivity index (χ1) is 13.0. The number of likely N-dealkylation sites (tertiary alicyclic amines) is 1. The number of carbonyl (C=O) groups is 3. The van der Waals surface area contributed by atoms with Gasteiger partial charge in [-0.2, -0.15) is 0 Å². The average Bonchev–Trinajstić information content (AvgIpc) is 2.98. The van der Waals surface area contributed by atoms with Gasteiger partial charge < -0.3 is 14.5 Å². The summed E-state index contributed by atoms with van der Waals surface area (Å²) in [5.41, 5.74) is 1.50. The molecule has 7 heteroatoms. The number of carbonyl (C=O) groups excluding carboxylic acids is 3. The zero-order chi connectivity index (χ0) is 19.0. The van der Waals surface area contributed by atoms with Crippen molar-refractivity contribution in [3.05, 3.63) is 29.3 Å². The minimum absolute atomic E-state index is 0.151. The van der Waals surface area contributed by atoms with Crippen molar-refractivity contribution in [2.45, 2.75) is 51.3 Å². The Morgan fingerprint density at radius 3 is 2.63 bits per heavy atom. The maximum Gasteiger partial charge on any atom is 0.255 e. The highest BCUT2D eigenvalue weighted by atomic mass is 16.5. The molecular formula is C20H25N3O4. The molecule has 3 aliphatic heterocycles. The third-order valence-corrected chi connectivity index (χ3v) is 5.78. The van der Waals surface area contributed by atoms with Crippen molar-refractivity contribution in [2.75, 3.05) is 19.6 Å². The lowest BCUT2D eigenvalue weighted by Gasteiger charge is -2.31. The fraction of sp³-hybridized carbons (Fsp3) is 0.550. The van der Waals surface area contributed by atoms with Gasteiger partial charge in [0.1, 0.15) is 17.9 Å². The number of amides is 3. The van der Waals surface area contributed by atoms with E-state index in [9.17, 15) is 14.4 Å². The molecule has 7 nitrogen and oxygen atoms in total. The molecule has 1 atom stereocenters. The number of hydrogen-bond acceptors (Lipinski definition) is 5. The Bertz CT molecular complexity index is 770. The van der Waals surface area contributed by atoms with Crippen LogP contribution in [0.2, 0.25) is 0 Å². The first-order valence-corrected chi connectivity index (χ1v) is 9.71. The number of imide groups is 1. The fourth-order valence-electron chi connectivity index (χ4n) is 4.16. The molecule has 1 N–H and O–H groups in total. The number of nitrogens with one attached hydrogen (secondary N) is 1. The van der Waals surface area contributed by atoms with Crippen LogP contribution in [0.4, 0.5) is 0 Å². The van der Waals surface area contributed by atoms with Crippen molar-refractivity contribution in [3.8, 4) is 5.75 Å². The third kappa shape index (κ3) is 3.56. The van der Waals surface area contributed by atoms with Crippen molar-refractivity contribution in [3.63, 3.8) is 0 Å². The maximum atomic E-state index is 12.7. The molecule has 3 amide bonds. The molecule has 0 aromatic heterocycles. The lowest BCUT2D eigenvalue weighted by atomic mass is 10.0. The third-order valence-electron chi connectivity index (χ3n) is 5.78. The van der Waals surface area contributed by atoms with Crippen LogP contribution in [-0.2, 0) is 16.1 Å². The van der Waals surface area contributed by atoms with Crippen molar-refractivity contribution in [1.29, 1.82) is 0 Å². The van der Waals surface area contributed by atoms with E-state index in [1.807, 2.05) is 12.1 Å². The van der Waals surface area contributed by atoms with Crippen LogP contribution in [0.3, 0.4) is 0 Å². The molecule has 3 aliphatic rings. The summed E-state index contributed by atoms with van der Waals surface area (Å²) in [6.07, 6.45) is 2.86. The summed E-state index contributed by atoms with van der Waals surface area (Å²) < 4.78 is 6.14. The predicted molar refractivity (Wildman–Crippen MR) is 98.3 cm³/mol. The van der Waals surface area contributed by atoms with Gasteiger partial charge in [-0.1, -0.05) is 6.92 Å². The van der Waals surface area contributed by atoms with Gasteiger partial charge in [0.25, 0.3) is 5.91 Å². The molecule has 2 saturated heterocycles. The van der Waals surface area contributed by atoms with Gasteiger partial charge in [0.2, 0.25) is 11.8 Å². The van der Waals surface area contributed by atoms with Crippen molar-refractivity contribution in [1.82, 2.24) is 15.1 Å². The summed E-state index contributed by atoms with van der Waals surface area (Å²) >= 11 is 0. The zero-order valence-corrected chi connectivity index (χ0v) is 15.6. The molecule has 1 aromatic carbocycles. The molecule has 0 radical (unpaired) electrons. The molecule has 144 valence electrons. The Labute approximate surface area is 158 Å². The van der Waals surface area contributed by atoms with Gasteiger partial charge >= 0.3 is 0 Å². The monoisotopic (exact) mass is 371 g/mol. The minimum Gasteiger partial charge on any atom is -0.490 e. The number of hydrogen-bond donors (Lipinski definition) is 1. The standard InChI is InChI=1S/C20H25N3O4/c1-2-22-9-7-14(8-10-22)27-15-3-4-16-13(11-15)12-23(20(16)26)17-5-6-18(24)21-19(17)25/h3-4,11,14,17H,2,5-10,12H2,1H3,(H,21,24,25)/t17-/m0/s1. The van der Waals surface area contributed by atoms with Crippen LogP contribution in [0, 0.1) is 0 Å². The van der Waals surface area contributed by atoms with Gasteiger partial charge in [-0.15, -0.1) is 0 Å². The topological polar surface area (TPSA) is 79.0 Å². The maximum absolute atomic E-state index is 12.7. The second-order valence-electron chi connectivity index (χ2n) is 7.47. The Morgan fingerprint density at radius 1 is 1.15 bits per heavy atom. The van der Waals surface area contributed by atoms with Crippen LogP contribution in [-0.4, -0.2) is 59.3 Å². The Kier molecular flexibility index (Phi) is 4.86. The average molecular weight is 371 g/mol. The Morgan fingerprint density at radius 2 is 1.93 bits per heavy atom. The van der Waals surface area contributed by atoms with Crippen LogP contribution in [0.1, 0.15) is 48.5 Å². The van der Waals surface area contributed by atoms with E-state index in [-0.39, 0.29) is 30.2 Å². The molecule has 27 heavy (non-hydrogen) atoms. The highest BCUT2D eigenvalue weighted by Crippen LogP contribution is 2.31. The van der Waals surface area contributed by atoms with Crippen LogP contribution >= 0.6 is 0 Å². The molecule has 0 spiro atoms. The Balaban J connectivity index is 1.43. The number of benzene rings is 1. The van der Waals surface area contributed by atoms with E-state index < -0.39 is 6.04 Å². The molecule has 0 unspecified atom stereocenters. The van der Waals surface area contributed by atoms with Gasteiger partial charge in [0.05, 0.1) is 0 Å². The van der Waals surface area contributed by atoms with Gasteiger partial charge in [-0.05, 0) is 49.6 Å². The first kappa shape index (κ1) is 18.0. The van der Waals surface area contributed by atoms with Crippen LogP contribution in [0.5, 0.6) is 5.75 Å². The number of rotatable bonds is 4. The second kappa shape index (κ2) is 7.31. The number of fused-ring (bicyclic) bond motifs is 1. The molecule has 2 fully saturated rings. The van der Waals surface area contributed by atoms with E-state index in [4.69, 9.17) is 4.74 Å². The summed E-state index contributed by atoms with van der Waals surface area (Å²) in [7, 11) is 0. The molecule has 0 bridgehead atoms. The van der Waals surface area contributed by atoms with E-state index in [1.54, 1.807) is 11.0 Å². The first-order valence-electron chi connectivity index (χ1n) is 9.71. The highest BCUT2D eigenvalue weighted by Gasteiger charge is 2.39. The normalized spacial score (nSPS) is 24.1. The smallest absolute Gasteiger partial charge is 0.255 e. The number of nitrogens with zero attached hydrogens (tertiary/aromatic N) is 2. The van der Waals surface area contributed by atoms with E-state index in [0.29, 0.717) is 18.5 Å². The summed E-state index contributed by atoms with van der Waals surface area (Å²) in [6.45, 7) is 5.73. The minimum atomic E-state index is -0.578. The quantitative estimate of drug-likeness (QED) is 0.808. The molecule has 1 aromatic rings. The zero-order valence-electron chi connectivity index (χ0n) is 15.6. The molecular weight excluding hydrogens is 346 g/mol. The Hall–Kier alpha value is -2.41. The fourth-order valence-corrected chi connectivity index (χ4v) is 4.16. The molecule has 0 aliphatic carbocycles. The summed E-state index contributed by atoms with van der Waals surface area (Å²) in [4.78, 5) is 40.2. The van der Waals surface area contributed by atoms with E-state index in [2.05, 4.69) is 17.1 Å². The van der Waals surface area contributed by atoms with E-state index >= 15 is 0 Å². The molecule has 0 saturated carbocycles.